The number of aromatic amines is 1. The molecule has 0 aliphatic rings. The minimum Gasteiger partial charge on any atom is -0.411 e. The number of hydrogen-bond donors (Lipinski definition) is 1. The van der Waals surface area contributed by atoms with Crippen LogP contribution in [0.2, 0.25) is 23.4 Å². The number of nitrogens with zero attached hydrogens (tertiary/aromatic N) is 2. The van der Waals surface area contributed by atoms with E-state index in [4.69, 9.17) is 16.0 Å². The summed E-state index contributed by atoms with van der Waals surface area (Å²) in [6, 6.07) is 10.5. The number of benzene rings is 1. The van der Waals surface area contributed by atoms with Crippen LogP contribution in [0.25, 0.3) is 10.9 Å². The van der Waals surface area contributed by atoms with Gasteiger partial charge in [0.2, 0.25) is 5.28 Å². The Morgan fingerprint density at radius 1 is 1.15 bits per heavy atom. The third-order valence-electron chi connectivity index (χ3n) is 5.20. The van der Waals surface area contributed by atoms with Crippen LogP contribution in [0, 0.1) is 0 Å². The van der Waals surface area contributed by atoms with Crippen molar-refractivity contribution in [2.75, 3.05) is 0 Å². The fourth-order valence-electron chi connectivity index (χ4n) is 2.58. The van der Waals surface area contributed by atoms with Crippen molar-refractivity contribution >= 4 is 30.8 Å². The van der Waals surface area contributed by atoms with Gasteiger partial charge < -0.3 is 9.41 Å². The Balaban J connectivity index is 1.75. The zero-order valence-electron chi connectivity index (χ0n) is 16.1. The van der Waals surface area contributed by atoms with Crippen molar-refractivity contribution in [2.45, 2.75) is 51.9 Å². The van der Waals surface area contributed by atoms with Gasteiger partial charge in [-0.3, -0.25) is 0 Å². The molecule has 0 saturated heterocycles. The average molecular weight is 388 g/mol. The standard InChI is InChI=1S/C20H26ClN3OSi/c1-20(2,3)26(4,5)25-13-17-12-15-10-14(6-7-18(15)23-17)11-16-8-9-22-19(21)24-16/h6-10,12,23H,11,13H2,1-5H3. The molecule has 2 aromatic heterocycles. The molecule has 0 radical (unpaired) electrons. The van der Waals surface area contributed by atoms with Gasteiger partial charge in [-0.05, 0) is 59.6 Å². The first kappa shape index (κ1) is 19.1. The van der Waals surface area contributed by atoms with Gasteiger partial charge in [-0.15, -0.1) is 0 Å². The van der Waals surface area contributed by atoms with E-state index in [-0.39, 0.29) is 10.3 Å². The average Bonchev–Trinajstić information content (AvgIpc) is 2.94. The topological polar surface area (TPSA) is 50.8 Å². The molecule has 0 bridgehead atoms. The first-order valence-electron chi connectivity index (χ1n) is 8.86. The minimum atomic E-state index is -1.75. The Bertz CT molecular complexity index is 915. The van der Waals surface area contributed by atoms with Crippen LogP contribution in [0.4, 0.5) is 0 Å². The summed E-state index contributed by atoms with van der Waals surface area (Å²) in [5.41, 5.74) is 4.36. The highest BCUT2D eigenvalue weighted by molar-refractivity contribution is 6.74. The molecule has 1 N–H and O–H groups in total. The molecule has 6 heteroatoms. The molecule has 3 aromatic rings. The molecule has 26 heavy (non-hydrogen) atoms. The maximum Gasteiger partial charge on any atom is 0.222 e. The third-order valence-corrected chi connectivity index (χ3v) is 9.87. The number of aromatic nitrogens is 3. The van der Waals surface area contributed by atoms with Crippen molar-refractivity contribution in [3.05, 3.63) is 58.8 Å². The molecule has 0 aliphatic carbocycles. The Morgan fingerprint density at radius 3 is 2.62 bits per heavy atom. The maximum absolute atomic E-state index is 6.32. The largest absolute Gasteiger partial charge is 0.411 e. The van der Waals surface area contributed by atoms with E-state index in [0.29, 0.717) is 6.61 Å². The van der Waals surface area contributed by atoms with Crippen LogP contribution in [-0.4, -0.2) is 23.3 Å². The Kier molecular flexibility index (Phi) is 5.24. The summed E-state index contributed by atoms with van der Waals surface area (Å²) in [6.45, 7) is 12.0. The monoisotopic (exact) mass is 387 g/mol. The second-order valence-corrected chi connectivity index (χ2v) is 13.4. The summed E-state index contributed by atoms with van der Waals surface area (Å²) in [5.74, 6) is 0. The molecule has 0 amide bonds. The van der Waals surface area contributed by atoms with E-state index < -0.39 is 8.32 Å². The molecule has 0 aliphatic heterocycles. The summed E-state index contributed by atoms with van der Waals surface area (Å²) >= 11 is 5.88. The lowest BCUT2D eigenvalue weighted by Gasteiger charge is -2.36. The molecule has 4 nitrogen and oxygen atoms in total. The van der Waals surface area contributed by atoms with Gasteiger partial charge in [-0.25, -0.2) is 9.97 Å². The zero-order chi connectivity index (χ0) is 18.9. The van der Waals surface area contributed by atoms with Crippen molar-refractivity contribution in [1.29, 1.82) is 0 Å². The fraction of sp³-hybridized carbons (Fsp3) is 0.400. The van der Waals surface area contributed by atoms with Gasteiger partial charge in [0.25, 0.3) is 0 Å². The number of H-pyrrole nitrogens is 1. The van der Waals surface area contributed by atoms with Crippen LogP contribution in [-0.2, 0) is 17.5 Å². The van der Waals surface area contributed by atoms with Crippen LogP contribution in [0.1, 0.15) is 37.7 Å². The molecule has 0 spiro atoms. The highest BCUT2D eigenvalue weighted by Crippen LogP contribution is 2.37. The lowest BCUT2D eigenvalue weighted by molar-refractivity contribution is 0.273. The van der Waals surface area contributed by atoms with Crippen molar-refractivity contribution in [3.63, 3.8) is 0 Å². The maximum atomic E-state index is 6.32. The summed E-state index contributed by atoms with van der Waals surface area (Å²) in [7, 11) is -1.75. The number of halogens is 1. The highest BCUT2D eigenvalue weighted by Gasteiger charge is 2.37. The van der Waals surface area contributed by atoms with Gasteiger partial charge in [-0.1, -0.05) is 26.8 Å². The number of hydrogen-bond acceptors (Lipinski definition) is 3. The molecular weight excluding hydrogens is 362 g/mol. The number of rotatable bonds is 5. The molecule has 1 aromatic carbocycles. The Labute approximate surface area is 161 Å². The molecule has 138 valence electrons. The van der Waals surface area contributed by atoms with E-state index >= 15 is 0 Å². The van der Waals surface area contributed by atoms with E-state index in [1.54, 1.807) is 6.20 Å². The van der Waals surface area contributed by atoms with Crippen LogP contribution in [0.5, 0.6) is 0 Å². The summed E-state index contributed by atoms with van der Waals surface area (Å²) in [5, 5.41) is 1.69. The first-order valence-corrected chi connectivity index (χ1v) is 12.1. The van der Waals surface area contributed by atoms with Gasteiger partial charge in [0.05, 0.1) is 6.61 Å². The molecule has 0 saturated carbocycles. The summed E-state index contributed by atoms with van der Waals surface area (Å²) < 4.78 is 6.32. The molecule has 3 rings (SSSR count). The molecule has 0 fully saturated rings. The van der Waals surface area contributed by atoms with E-state index in [1.807, 2.05) is 6.07 Å². The second kappa shape index (κ2) is 7.14. The minimum absolute atomic E-state index is 0.213. The number of nitrogens with one attached hydrogen (secondary N) is 1. The van der Waals surface area contributed by atoms with E-state index in [1.165, 1.54) is 10.9 Å². The Morgan fingerprint density at radius 2 is 1.92 bits per heavy atom. The van der Waals surface area contributed by atoms with E-state index in [2.05, 4.69) is 73.1 Å². The smallest absolute Gasteiger partial charge is 0.222 e. The van der Waals surface area contributed by atoms with Crippen LogP contribution in [0.3, 0.4) is 0 Å². The van der Waals surface area contributed by atoms with Gasteiger partial charge in [-0.2, -0.15) is 0 Å². The van der Waals surface area contributed by atoms with E-state index in [0.717, 1.165) is 23.3 Å². The van der Waals surface area contributed by atoms with E-state index in [9.17, 15) is 0 Å². The third kappa shape index (κ3) is 4.34. The summed E-state index contributed by atoms with van der Waals surface area (Å²) in [4.78, 5) is 11.7. The van der Waals surface area contributed by atoms with Crippen molar-refractivity contribution in [3.8, 4) is 0 Å². The fourth-order valence-corrected chi connectivity index (χ4v) is 3.70. The van der Waals surface area contributed by atoms with Gasteiger partial charge in [0.15, 0.2) is 8.32 Å². The molecule has 0 unspecified atom stereocenters. The zero-order valence-corrected chi connectivity index (χ0v) is 17.8. The predicted molar refractivity (Wildman–Crippen MR) is 110 cm³/mol. The van der Waals surface area contributed by atoms with Gasteiger partial charge in [0.1, 0.15) is 0 Å². The Hall–Kier alpha value is -1.69. The molecular formula is C20H26ClN3OSi. The second-order valence-electron chi connectivity index (χ2n) is 8.26. The molecule has 0 atom stereocenters. The van der Waals surface area contributed by atoms with Crippen molar-refractivity contribution < 1.29 is 4.43 Å². The lowest BCUT2D eigenvalue weighted by atomic mass is 10.1. The number of fused-ring (bicyclic) bond motifs is 1. The van der Waals surface area contributed by atoms with Crippen molar-refractivity contribution in [2.24, 2.45) is 0 Å². The quantitative estimate of drug-likeness (QED) is 0.449. The summed E-state index contributed by atoms with van der Waals surface area (Å²) in [6.07, 6.45) is 2.43. The van der Waals surface area contributed by atoms with Gasteiger partial charge >= 0.3 is 0 Å². The van der Waals surface area contributed by atoms with Crippen LogP contribution < -0.4 is 0 Å². The predicted octanol–water partition coefficient (Wildman–Crippen LogP) is 5.72. The van der Waals surface area contributed by atoms with Crippen LogP contribution in [0.15, 0.2) is 36.5 Å². The van der Waals surface area contributed by atoms with Gasteiger partial charge in [0, 0.05) is 34.9 Å². The van der Waals surface area contributed by atoms with Crippen LogP contribution >= 0.6 is 11.6 Å². The normalized spacial score (nSPS) is 12.7. The molecule has 2 heterocycles. The highest BCUT2D eigenvalue weighted by atomic mass is 35.5. The van der Waals surface area contributed by atoms with Crippen molar-refractivity contribution in [1.82, 2.24) is 15.0 Å². The lowest BCUT2D eigenvalue weighted by Crippen LogP contribution is -2.40. The SMILES string of the molecule is CC(C)(C)[Si](C)(C)OCc1cc2cc(Cc3ccnc(Cl)n3)ccc2[nH]1. The first-order chi connectivity index (χ1) is 12.1.